The first-order valence-electron chi connectivity index (χ1n) is 6.25. The molecule has 4 heteroatoms. The van der Waals surface area contributed by atoms with E-state index in [1.165, 1.54) is 6.42 Å². The summed E-state index contributed by atoms with van der Waals surface area (Å²) >= 11 is 0. The summed E-state index contributed by atoms with van der Waals surface area (Å²) in [4.78, 5) is 11.5. The van der Waals surface area contributed by atoms with Crippen LogP contribution in [-0.4, -0.2) is 31.7 Å². The first kappa shape index (κ1) is 13.5. The van der Waals surface area contributed by atoms with Gasteiger partial charge in [0.15, 0.2) is 0 Å². The van der Waals surface area contributed by atoms with E-state index in [0.717, 1.165) is 51.7 Å². The fourth-order valence-corrected chi connectivity index (χ4v) is 2.36. The Morgan fingerprint density at radius 3 is 2.56 bits per heavy atom. The maximum absolute atomic E-state index is 11.5. The van der Waals surface area contributed by atoms with Gasteiger partial charge in [0, 0.05) is 13.7 Å². The molecule has 0 aromatic carbocycles. The summed E-state index contributed by atoms with van der Waals surface area (Å²) in [6, 6.07) is 0. The minimum absolute atomic E-state index is 0.182. The number of amides is 1. The standard InChI is InChI=1S/C12H24N2O2/c1-16-10-6-5-9-14-12(11(13)15)7-3-2-4-8-12/h14H,2-10H2,1H3,(H2,13,15). The normalized spacial score (nSPS) is 19.6. The average Bonchev–Trinajstić information content (AvgIpc) is 2.30. The number of primary amides is 1. The third kappa shape index (κ3) is 3.76. The number of hydrogen-bond acceptors (Lipinski definition) is 3. The van der Waals surface area contributed by atoms with Gasteiger partial charge < -0.3 is 15.8 Å². The van der Waals surface area contributed by atoms with Crippen LogP contribution in [0.4, 0.5) is 0 Å². The lowest BCUT2D eigenvalue weighted by atomic mass is 9.81. The second-order valence-corrected chi connectivity index (χ2v) is 4.63. The summed E-state index contributed by atoms with van der Waals surface area (Å²) in [5, 5.41) is 3.36. The van der Waals surface area contributed by atoms with E-state index in [9.17, 15) is 4.79 Å². The molecular formula is C12H24N2O2. The molecule has 1 aliphatic carbocycles. The zero-order chi connectivity index (χ0) is 11.9. The van der Waals surface area contributed by atoms with Gasteiger partial charge in [-0.15, -0.1) is 0 Å². The van der Waals surface area contributed by atoms with Gasteiger partial charge in [-0.1, -0.05) is 19.3 Å². The van der Waals surface area contributed by atoms with Gasteiger partial charge in [-0.3, -0.25) is 4.79 Å². The Kier molecular flexibility index (Phi) is 5.77. The number of hydrogen-bond donors (Lipinski definition) is 2. The minimum atomic E-state index is -0.425. The van der Waals surface area contributed by atoms with Crippen LogP contribution in [-0.2, 0) is 9.53 Å². The molecule has 16 heavy (non-hydrogen) atoms. The smallest absolute Gasteiger partial charge is 0.237 e. The van der Waals surface area contributed by atoms with Crippen molar-refractivity contribution in [1.29, 1.82) is 0 Å². The van der Waals surface area contributed by atoms with Crippen LogP contribution >= 0.6 is 0 Å². The maximum Gasteiger partial charge on any atom is 0.237 e. The Morgan fingerprint density at radius 2 is 2.00 bits per heavy atom. The summed E-state index contributed by atoms with van der Waals surface area (Å²) in [7, 11) is 1.71. The van der Waals surface area contributed by atoms with Crippen molar-refractivity contribution in [3.63, 3.8) is 0 Å². The van der Waals surface area contributed by atoms with E-state index in [0.29, 0.717) is 0 Å². The number of rotatable bonds is 7. The Balaban J connectivity index is 2.30. The Bertz CT molecular complexity index is 213. The number of carbonyl (C=O) groups excluding carboxylic acids is 1. The number of nitrogens with two attached hydrogens (primary N) is 1. The second kappa shape index (κ2) is 6.86. The monoisotopic (exact) mass is 228 g/mol. The van der Waals surface area contributed by atoms with Gasteiger partial charge in [0.05, 0.1) is 5.54 Å². The third-order valence-corrected chi connectivity index (χ3v) is 3.42. The largest absolute Gasteiger partial charge is 0.385 e. The molecule has 0 aromatic heterocycles. The minimum Gasteiger partial charge on any atom is -0.385 e. The van der Waals surface area contributed by atoms with Crippen molar-refractivity contribution >= 4 is 5.91 Å². The molecule has 0 radical (unpaired) electrons. The van der Waals surface area contributed by atoms with Crippen LogP contribution in [0.3, 0.4) is 0 Å². The van der Waals surface area contributed by atoms with Crippen LogP contribution in [0.5, 0.6) is 0 Å². The highest BCUT2D eigenvalue weighted by molar-refractivity contribution is 5.84. The highest BCUT2D eigenvalue weighted by Crippen LogP contribution is 2.27. The lowest BCUT2D eigenvalue weighted by Gasteiger charge is -2.35. The Morgan fingerprint density at radius 1 is 1.31 bits per heavy atom. The lowest BCUT2D eigenvalue weighted by molar-refractivity contribution is -0.125. The Hall–Kier alpha value is -0.610. The van der Waals surface area contributed by atoms with E-state index in [4.69, 9.17) is 10.5 Å². The molecule has 1 rings (SSSR count). The molecule has 94 valence electrons. The van der Waals surface area contributed by atoms with Crippen LogP contribution in [0.1, 0.15) is 44.9 Å². The molecule has 1 fully saturated rings. The number of carbonyl (C=O) groups is 1. The zero-order valence-corrected chi connectivity index (χ0v) is 10.3. The molecule has 1 aliphatic rings. The molecule has 0 saturated heterocycles. The van der Waals surface area contributed by atoms with Gasteiger partial charge in [-0.25, -0.2) is 0 Å². The first-order valence-corrected chi connectivity index (χ1v) is 6.25. The molecule has 0 aliphatic heterocycles. The second-order valence-electron chi connectivity index (χ2n) is 4.63. The molecule has 0 spiro atoms. The van der Waals surface area contributed by atoms with Crippen molar-refractivity contribution in [2.24, 2.45) is 5.73 Å². The van der Waals surface area contributed by atoms with E-state index in [-0.39, 0.29) is 5.91 Å². The van der Waals surface area contributed by atoms with Crippen molar-refractivity contribution in [2.75, 3.05) is 20.3 Å². The van der Waals surface area contributed by atoms with E-state index < -0.39 is 5.54 Å². The number of nitrogens with one attached hydrogen (secondary N) is 1. The van der Waals surface area contributed by atoms with Crippen LogP contribution in [0, 0.1) is 0 Å². The molecule has 0 bridgehead atoms. The molecule has 0 aromatic rings. The first-order chi connectivity index (χ1) is 7.71. The summed E-state index contributed by atoms with van der Waals surface area (Å²) in [5.41, 5.74) is 5.09. The van der Waals surface area contributed by atoms with E-state index in [1.807, 2.05) is 0 Å². The van der Waals surface area contributed by atoms with Gasteiger partial charge in [-0.2, -0.15) is 0 Å². The summed E-state index contributed by atoms with van der Waals surface area (Å²) in [6.07, 6.45) is 7.28. The van der Waals surface area contributed by atoms with Crippen molar-refractivity contribution < 1.29 is 9.53 Å². The summed E-state index contributed by atoms with van der Waals surface area (Å²) < 4.78 is 4.99. The van der Waals surface area contributed by atoms with Gasteiger partial charge >= 0.3 is 0 Å². The predicted octanol–water partition coefficient (Wildman–Crippen LogP) is 1.19. The molecule has 0 atom stereocenters. The molecule has 0 heterocycles. The van der Waals surface area contributed by atoms with E-state index >= 15 is 0 Å². The van der Waals surface area contributed by atoms with Gasteiger partial charge in [0.2, 0.25) is 5.91 Å². The molecule has 1 saturated carbocycles. The van der Waals surface area contributed by atoms with Crippen molar-refractivity contribution in [3.8, 4) is 0 Å². The highest BCUT2D eigenvalue weighted by Gasteiger charge is 2.36. The van der Waals surface area contributed by atoms with Crippen molar-refractivity contribution in [1.82, 2.24) is 5.32 Å². The van der Waals surface area contributed by atoms with Crippen LogP contribution < -0.4 is 11.1 Å². The van der Waals surface area contributed by atoms with Crippen molar-refractivity contribution in [2.45, 2.75) is 50.5 Å². The van der Waals surface area contributed by atoms with E-state index in [1.54, 1.807) is 7.11 Å². The molecule has 4 nitrogen and oxygen atoms in total. The SMILES string of the molecule is COCCCCNC1(C(N)=O)CCCCC1. The summed E-state index contributed by atoms with van der Waals surface area (Å²) in [5.74, 6) is -0.182. The highest BCUT2D eigenvalue weighted by atomic mass is 16.5. The number of ether oxygens (including phenoxy) is 1. The van der Waals surface area contributed by atoms with Gasteiger partial charge in [0.1, 0.15) is 0 Å². The quantitative estimate of drug-likeness (QED) is 0.643. The lowest BCUT2D eigenvalue weighted by Crippen LogP contribution is -2.56. The van der Waals surface area contributed by atoms with Gasteiger partial charge in [-0.05, 0) is 32.2 Å². The Labute approximate surface area is 97.9 Å². The molecule has 3 N–H and O–H groups in total. The van der Waals surface area contributed by atoms with Crippen LogP contribution in [0.2, 0.25) is 0 Å². The maximum atomic E-state index is 11.5. The fourth-order valence-electron chi connectivity index (χ4n) is 2.36. The van der Waals surface area contributed by atoms with Crippen LogP contribution in [0.25, 0.3) is 0 Å². The summed E-state index contributed by atoms with van der Waals surface area (Å²) in [6.45, 7) is 1.64. The van der Waals surface area contributed by atoms with E-state index in [2.05, 4.69) is 5.32 Å². The topological polar surface area (TPSA) is 64.3 Å². The van der Waals surface area contributed by atoms with Crippen molar-refractivity contribution in [3.05, 3.63) is 0 Å². The van der Waals surface area contributed by atoms with Crippen LogP contribution in [0.15, 0.2) is 0 Å². The molecule has 1 amide bonds. The fraction of sp³-hybridized carbons (Fsp3) is 0.917. The predicted molar refractivity (Wildman–Crippen MR) is 64.1 cm³/mol. The third-order valence-electron chi connectivity index (χ3n) is 3.42. The zero-order valence-electron chi connectivity index (χ0n) is 10.3. The van der Waals surface area contributed by atoms with Gasteiger partial charge in [0.25, 0.3) is 0 Å². The molecule has 0 unspecified atom stereocenters. The number of unbranched alkanes of at least 4 members (excludes halogenated alkanes) is 1. The number of methoxy groups -OCH3 is 1. The average molecular weight is 228 g/mol. The molecular weight excluding hydrogens is 204 g/mol.